The molecule has 1 unspecified atom stereocenters. The van der Waals surface area contributed by atoms with Gasteiger partial charge in [-0.3, -0.25) is 4.79 Å². The summed E-state index contributed by atoms with van der Waals surface area (Å²) in [4.78, 5) is 27.5. The van der Waals surface area contributed by atoms with Crippen molar-refractivity contribution in [2.24, 2.45) is 0 Å². The minimum atomic E-state index is -1.10. The number of rotatable bonds is 5. The van der Waals surface area contributed by atoms with E-state index in [0.717, 1.165) is 0 Å². The van der Waals surface area contributed by atoms with Crippen LogP contribution in [-0.4, -0.2) is 37.4 Å². The van der Waals surface area contributed by atoms with Crippen molar-refractivity contribution in [1.82, 2.24) is 19.9 Å². The van der Waals surface area contributed by atoms with Gasteiger partial charge in [0, 0.05) is 17.5 Å². The van der Waals surface area contributed by atoms with Crippen molar-refractivity contribution in [3.63, 3.8) is 0 Å². The van der Waals surface area contributed by atoms with Gasteiger partial charge in [0.2, 0.25) is 11.9 Å². The molecule has 8 nitrogen and oxygen atoms in total. The quantitative estimate of drug-likeness (QED) is 0.633. The predicted molar refractivity (Wildman–Crippen MR) is 91.5 cm³/mol. The fraction of sp³-hybridized carbons (Fsp3) is 0.250. The number of aliphatic hydroxyl groups is 1. The third-order valence-corrected chi connectivity index (χ3v) is 4.27. The second-order valence-electron chi connectivity index (χ2n) is 4.60. The first-order chi connectivity index (χ1) is 11.2. The molecule has 0 spiro atoms. The summed E-state index contributed by atoms with van der Waals surface area (Å²) in [5, 5.41) is 9.19. The molecule has 1 atom stereocenters. The van der Waals surface area contributed by atoms with Gasteiger partial charge in [-0.15, -0.1) is 0 Å². The molecule has 0 radical (unpaired) electrons. The molecule has 0 aliphatic carbocycles. The topological polar surface area (TPSA) is 141 Å². The number of hydrogen-bond acceptors (Lipinski definition) is 8. The Bertz CT molecular complexity index is 757. The molecule has 2 aromatic rings. The van der Waals surface area contributed by atoms with Crippen molar-refractivity contribution >= 4 is 64.1 Å². The molecule has 2 aromatic heterocycles. The highest BCUT2D eigenvalue weighted by molar-refractivity contribution is 6.36. The summed E-state index contributed by atoms with van der Waals surface area (Å²) in [7, 11) is 0. The zero-order chi connectivity index (χ0) is 18.0. The lowest BCUT2D eigenvalue weighted by Crippen LogP contribution is -2.21. The van der Waals surface area contributed by atoms with Crippen molar-refractivity contribution in [3.8, 4) is 0 Å². The van der Waals surface area contributed by atoms with Crippen LogP contribution in [0.3, 0.4) is 0 Å². The lowest BCUT2D eigenvalue weighted by Gasteiger charge is -2.16. The average molecular weight is 412 g/mol. The number of ketones is 1. The fourth-order valence-corrected chi connectivity index (χ4v) is 3.16. The number of aliphatic hydroxyl groups excluding tert-OH is 1. The number of nitrogen functional groups attached to an aromatic ring is 2. The molecule has 2 rings (SSSR count). The van der Waals surface area contributed by atoms with Crippen LogP contribution in [0.4, 0.5) is 11.9 Å². The van der Waals surface area contributed by atoms with Gasteiger partial charge in [0.25, 0.3) is 0 Å². The van der Waals surface area contributed by atoms with Gasteiger partial charge in [-0.2, -0.15) is 0 Å². The Morgan fingerprint density at radius 3 is 1.75 bits per heavy atom. The fourth-order valence-electron chi connectivity index (χ4n) is 1.96. The summed E-state index contributed by atoms with van der Waals surface area (Å²) in [6, 6.07) is 0. The molecule has 128 valence electrons. The van der Waals surface area contributed by atoms with Gasteiger partial charge < -0.3 is 16.6 Å². The van der Waals surface area contributed by atoms with E-state index in [4.69, 9.17) is 57.9 Å². The number of carbonyl (C=O) groups is 1. The van der Waals surface area contributed by atoms with Crippen molar-refractivity contribution in [1.29, 1.82) is 0 Å². The van der Waals surface area contributed by atoms with E-state index in [9.17, 15) is 9.90 Å². The van der Waals surface area contributed by atoms with E-state index in [1.54, 1.807) is 0 Å². The normalized spacial score (nSPS) is 12.2. The Hall–Kier alpha value is -1.45. The van der Waals surface area contributed by atoms with Crippen LogP contribution in [0.15, 0.2) is 0 Å². The van der Waals surface area contributed by atoms with Crippen LogP contribution in [0.2, 0.25) is 20.6 Å². The molecule has 0 aromatic carbocycles. The highest BCUT2D eigenvalue weighted by Gasteiger charge is 2.28. The maximum absolute atomic E-state index is 12.6. The van der Waals surface area contributed by atoms with Gasteiger partial charge in [0.05, 0.1) is 12.5 Å². The molecule has 0 saturated heterocycles. The Morgan fingerprint density at radius 1 is 0.917 bits per heavy atom. The molecular weight excluding hydrogens is 402 g/mol. The molecule has 0 bridgehead atoms. The maximum atomic E-state index is 12.6. The largest absolute Gasteiger partial charge is 0.395 e. The number of carbonyl (C=O) groups excluding carboxylic acids is 1. The molecule has 24 heavy (non-hydrogen) atoms. The zero-order valence-electron chi connectivity index (χ0n) is 11.8. The smallest absolute Gasteiger partial charge is 0.222 e. The van der Waals surface area contributed by atoms with Crippen LogP contribution < -0.4 is 11.5 Å². The summed E-state index contributed by atoms with van der Waals surface area (Å²) >= 11 is 23.8. The molecule has 0 aliphatic rings. The van der Waals surface area contributed by atoms with Crippen LogP contribution >= 0.6 is 46.4 Å². The molecule has 0 saturated carbocycles. The SMILES string of the molecule is Nc1nc(Cl)c(CC(=O)C(CO)c2c(Cl)nc(N)nc2Cl)c(Cl)n1. The van der Waals surface area contributed by atoms with Crippen LogP contribution in [-0.2, 0) is 11.2 Å². The van der Waals surface area contributed by atoms with Gasteiger partial charge in [-0.1, -0.05) is 46.4 Å². The molecule has 2 heterocycles. The van der Waals surface area contributed by atoms with Crippen LogP contribution in [0, 0.1) is 0 Å². The van der Waals surface area contributed by atoms with Gasteiger partial charge >= 0.3 is 0 Å². The summed E-state index contributed by atoms with van der Waals surface area (Å²) in [6.45, 7) is -0.587. The van der Waals surface area contributed by atoms with Gasteiger partial charge in [0.1, 0.15) is 26.4 Å². The monoisotopic (exact) mass is 410 g/mol. The second kappa shape index (κ2) is 7.62. The average Bonchev–Trinajstić information content (AvgIpc) is 2.46. The number of aromatic nitrogens is 4. The lowest BCUT2D eigenvalue weighted by atomic mass is 9.94. The second-order valence-corrected chi connectivity index (χ2v) is 6.03. The van der Waals surface area contributed by atoms with E-state index in [2.05, 4.69) is 19.9 Å². The van der Waals surface area contributed by atoms with Gasteiger partial charge in [0.15, 0.2) is 0 Å². The zero-order valence-corrected chi connectivity index (χ0v) is 14.8. The lowest BCUT2D eigenvalue weighted by molar-refractivity contribution is -0.120. The van der Waals surface area contributed by atoms with E-state index < -0.39 is 18.3 Å². The number of hydrogen-bond donors (Lipinski definition) is 3. The van der Waals surface area contributed by atoms with E-state index in [0.29, 0.717) is 0 Å². The van der Waals surface area contributed by atoms with Crippen molar-refractivity contribution in [2.75, 3.05) is 18.1 Å². The van der Waals surface area contributed by atoms with E-state index in [1.807, 2.05) is 0 Å². The molecule has 5 N–H and O–H groups in total. The molecule has 12 heteroatoms. The van der Waals surface area contributed by atoms with Gasteiger partial charge in [-0.05, 0) is 0 Å². The van der Waals surface area contributed by atoms with E-state index >= 15 is 0 Å². The van der Waals surface area contributed by atoms with Crippen molar-refractivity contribution < 1.29 is 9.90 Å². The first-order valence-electron chi connectivity index (χ1n) is 6.34. The highest BCUT2D eigenvalue weighted by Crippen LogP contribution is 2.32. The minimum Gasteiger partial charge on any atom is -0.395 e. The third-order valence-electron chi connectivity index (χ3n) is 3.06. The van der Waals surface area contributed by atoms with E-state index in [1.165, 1.54) is 0 Å². The van der Waals surface area contributed by atoms with Crippen LogP contribution in [0.1, 0.15) is 17.0 Å². The number of halogens is 4. The Balaban J connectivity index is 2.38. The molecule has 0 amide bonds. The number of anilines is 2. The van der Waals surface area contributed by atoms with E-state index in [-0.39, 0.29) is 50.1 Å². The Labute approximate surface area is 156 Å². The van der Waals surface area contributed by atoms with Crippen molar-refractivity contribution in [3.05, 3.63) is 31.7 Å². The Morgan fingerprint density at radius 2 is 1.33 bits per heavy atom. The number of Topliss-reactive ketones (excluding diaryl/α,β-unsaturated/α-hetero) is 1. The summed E-state index contributed by atoms with van der Waals surface area (Å²) < 4.78 is 0. The summed E-state index contributed by atoms with van der Waals surface area (Å²) in [6.07, 6.45) is -0.278. The first-order valence-corrected chi connectivity index (χ1v) is 7.85. The summed E-state index contributed by atoms with van der Waals surface area (Å²) in [5.41, 5.74) is 11.1. The number of nitrogens with zero attached hydrogens (tertiary/aromatic N) is 4. The third kappa shape index (κ3) is 3.96. The number of nitrogens with two attached hydrogens (primary N) is 2. The molecule has 0 aliphatic heterocycles. The first kappa shape index (κ1) is 18.9. The molecule has 0 fully saturated rings. The van der Waals surface area contributed by atoms with Crippen LogP contribution in [0.5, 0.6) is 0 Å². The van der Waals surface area contributed by atoms with Crippen LogP contribution in [0.25, 0.3) is 0 Å². The van der Waals surface area contributed by atoms with Gasteiger partial charge in [-0.25, -0.2) is 19.9 Å². The Kier molecular flexibility index (Phi) is 6.00. The molecular formula is C12H10Cl4N6O2. The minimum absolute atomic E-state index is 0.0589. The predicted octanol–water partition coefficient (Wildman–Crippen LogP) is 1.93. The summed E-state index contributed by atoms with van der Waals surface area (Å²) in [5.74, 6) is -1.88. The standard InChI is InChI=1S/C12H10Cl4N6O2/c13-7-3(8(14)20-11(17)19-7)1-5(24)4(2-23)6-9(15)21-12(18)22-10(6)16/h4,23H,1-2H2,(H2,17,19,20)(H2,18,21,22). The highest BCUT2D eigenvalue weighted by atomic mass is 35.5. The maximum Gasteiger partial charge on any atom is 0.222 e. The van der Waals surface area contributed by atoms with Crippen molar-refractivity contribution in [2.45, 2.75) is 12.3 Å².